The van der Waals surface area contributed by atoms with Crippen molar-refractivity contribution < 1.29 is 4.74 Å². The predicted molar refractivity (Wildman–Crippen MR) is 68.8 cm³/mol. The Morgan fingerprint density at radius 1 is 1.40 bits per heavy atom. The van der Waals surface area contributed by atoms with E-state index in [1.54, 1.807) is 0 Å². The van der Waals surface area contributed by atoms with Crippen LogP contribution < -0.4 is 4.74 Å². The largest absolute Gasteiger partial charge is 0.494 e. The van der Waals surface area contributed by atoms with Crippen LogP contribution in [0.25, 0.3) is 0 Å². The van der Waals surface area contributed by atoms with Crippen molar-refractivity contribution in [3.05, 3.63) is 28.2 Å². The average Bonchev–Trinajstić information content (AvgIpc) is 2.21. The lowest BCUT2D eigenvalue weighted by atomic mass is 10.1. The fourth-order valence-corrected chi connectivity index (χ4v) is 2.23. The molecule has 0 bridgehead atoms. The van der Waals surface area contributed by atoms with Gasteiger partial charge in [-0.25, -0.2) is 0 Å². The molecule has 0 saturated heterocycles. The Kier molecular flexibility index (Phi) is 5.48. The van der Waals surface area contributed by atoms with E-state index in [1.807, 2.05) is 25.1 Å². The molecule has 0 aromatic heterocycles. The molecule has 84 valence electrons. The fraction of sp³-hybridized carbons (Fsp3) is 0.500. The highest BCUT2D eigenvalue weighted by atomic mass is 79.9. The summed E-state index contributed by atoms with van der Waals surface area (Å²) >= 11 is 9.77. The monoisotopic (exact) mass is 290 g/mol. The van der Waals surface area contributed by atoms with Gasteiger partial charge in [0.15, 0.2) is 0 Å². The number of ether oxygens (including phenoxy) is 1. The molecule has 0 saturated carbocycles. The highest BCUT2D eigenvalue weighted by molar-refractivity contribution is 9.10. The molecule has 0 fully saturated rings. The standard InChI is InChI=1S/C12H16BrClO/c1-3-5-11(14)10-8-9(13)6-7-12(10)15-4-2/h6-8,11H,3-5H2,1-2H3. The molecular formula is C12H16BrClO. The molecule has 0 aliphatic heterocycles. The Bertz CT molecular complexity index is 314. The Hall–Kier alpha value is -0.210. The van der Waals surface area contributed by atoms with Gasteiger partial charge in [0.2, 0.25) is 0 Å². The average molecular weight is 292 g/mol. The van der Waals surface area contributed by atoms with Gasteiger partial charge in [-0.15, -0.1) is 11.6 Å². The van der Waals surface area contributed by atoms with E-state index in [4.69, 9.17) is 16.3 Å². The minimum Gasteiger partial charge on any atom is -0.494 e. The van der Waals surface area contributed by atoms with Crippen molar-refractivity contribution in [2.75, 3.05) is 6.61 Å². The van der Waals surface area contributed by atoms with Crippen LogP contribution in [0.4, 0.5) is 0 Å². The molecule has 1 atom stereocenters. The van der Waals surface area contributed by atoms with Crippen molar-refractivity contribution >= 4 is 27.5 Å². The molecule has 1 aromatic carbocycles. The third-order valence-electron chi connectivity index (χ3n) is 2.15. The minimum absolute atomic E-state index is 0.0362. The molecule has 0 aliphatic carbocycles. The normalized spacial score (nSPS) is 12.5. The maximum Gasteiger partial charge on any atom is 0.124 e. The van der Waals surface area contributed by atoms with Crippen molar-refractivity contribution in [1.29, 1.82) is 0 Å². The first-order chi connectivity index (χ1) is 7.19. The second-order valence-electron chi connectivity index (χ2n) is 3.37. The fourth-order valence-electron chi connectivity index (χ4n) is 1.46. The second-order valence-corrected chi connectivity index (χ2v) is 4.81. The Balaban J connectivity index is 2.95. The van der Waals surface area contributed by atoms with Crippen LogP contribution in [0.5, 0.6) is 5.75 Å². The molecule has 3 heteroatoms. The Morgan fingerprint density at radius 3 is 2.73 bits per heavy atom. The van der Waals surface area contributed by atoms with Crippen LogP contribution in [0.15, 0.2) is 22.7 Å². The number of halogens is 2. The SMILES string of the molecule is CCCC(Cl)c1cc(Br)ccc1OCC. The van der Waals surface area contributed by atoms with Crippen LogP contribution in [-0.2, 0) is 0 Å². The molecule has 1 unspecified atom stereocenters. The zero-order chi connectivity index (χ0) is 11.3. The van der Waals surface area contributed by atoms with Crippen molar-refractivity contribution in [2.24, 2.45) is 0 Å². The van der Waals surface area contributed by atoms with Crippen LogP contribution in [0.3, 0.4) is 0 Å². The van der Waals surface area contributed by atoms with Crippen molar-refractivity contribution in [3.8, 4) is 5.75 Å². The summed E-state index contributed by atoms with van der Waals surface area (Å²) in [6.07, 6.45) is 2.05. The van der Waals surface area contributed by atoms with Crippen LogP contribution >= 0.6 is 27.5 Å². The first kappa shape index (κ1) is 12.9. The first-order valence-corrected chi connectivity index (χ1v) is 6.48. The number of benzene rings is 1. The molecule has 1 nitrogen and oxygen atoms in total. The van der Waals surface area contributed by atoms with Gasteiger partial charge in [0.25, 0.3) is 0 Å². The Labute approximate surface area is 105 Å². The van der Waals surface area contributed by atoms with Crippen molar-refractivity contribution in [2.45, 2.75) is 32.1 Å². The summed E-state index contributed by atoms with van der Waals surface area (Å²) in [7, 11) is 0. The summed E-state index contributed by atoms with van der Waals surface area (Å²) < 4.78 is 6.60. The van der Waals surface area contributed by atoms with Gasteiger partial charge in [0, 0.05) is 10.0 Å². The summed E-state index contributed by atoms with van der Waals surface area (Å²) in [5, 5.41) is 0.0362. The third kappa shape index (κ3) is 3.69. The van der Waals surface area contributed by atoms with E-state index < -0.39 is 0 Å². The van der Waals surface area contributed by atoms with Gasteiger partial charge < -0.3 is 4.74 Å². The van der Waals surface area contributed by atoms with Crippen molar-refractivity contribution in [3.63, 3.8) is 0 Å². The lowest BCUT2D eigenvalue weighted by Crippen LogP contribution is -1.99. The van der Waals surface area contributed by atoms with Crippen LogP contribution in [-0.4, -0.2) is 6.61 Å². The zero-order valence-electron chi connectivity index (χ0n) is 9.09. The van der Waals surface area contributed by atoms with Gasteiger partial charge in [-0.3, -0.25) is 0 Å². The molecule has 0 heterocycles. The van der Waals surface area contributed by atoms with Crippen LogP contribution in [0.2, 0.25) is 0 Å². The second kappa shape index (κ2) is 6.39. The molecule has 1 aromatic rings. The molecule has 15 heavy (non-hydrogen) atoms. The first-order valence-electron chi connectivity index (χ1n) is 5.25. The molecule has 0 spiro atoms. The van der Waals surface area contributed by atoms with Gasteiger partial charge in [0.05, 0.1) is 12.0 Å². The maximum absolute atomic E-state index is 6.32. The lowest BCUT2D eigenvalue weighted by Gasteiger charge is -2.14. The van der Waals surface area contributed by atoms with Gasteiger partial charge in [-0.2, -0.15) is 0 Å². The molecule has 0 radical (unpaired) electrons. The molecule has 0 amide bonds. The molecule has 0 aliphatic rings. The predicted octanol–water partition coefficient (Wildman–Crippen LogP) is 4.93. The smallest absolute Gasteiger partial charge is 0.124 e. The van der Waals surface area contributed by atoms with E-state index in [-0.39, 0.29) is 5.38 Å². The van der Waals surface area contributed by atoms with E-state index in [9.17, 15) is 0 Å². The molecular weight excluding hydrogens is 275 g/mol. The summed E-state index contributed by atoms with van der Waals surface area (Å²) in [6.45, 7) is 4.78. The summed E-state index contributed by atoms with van der Waals surface area (Å²) in [5.41, 5.74) is 1.08. The van der Waals surface area contributed by atoms with Gasteiger partial charge in [-0.05, 0) is 31.5 Å². The number of hydrogen-bond donors (Lipinski definition) is 0. The van der Waals surface area contributed by atoms with E-state index in [2.05, 4.69) is 22.9 Å². The quantitative estimate of drug-likeness (QED) is 0.699. The number of hydrogen-bond acceptors (Lipinski definition) is 1. The van der Waals surface area contributed by atoms with Crippen LogP contribution in [0, 0.1) is 0 Å². The number of alkyl halides is 1. The van der Waals surface area contributed by atoms with Gasteiger partial charge in [0.1, 0.15) is 5.75 Å². The van der Waals surface area contributed by atoms with Crippen LogP contribution in [0.1, 0.15) is 37.6 Å². The topological polar surface area (TPSA) is 9.23 Å². The zero-order valence-corrected chi connectivity index (χ0v) is 11.4. The lowest BCUT2D eigenvalue weighted by molar-refractivity contribution is 0.335. The van der Waals surface area contributed by atoms with E-state index in [0.717, 1.165) is 28.6 Å². The Morgan fingerprint density at radius 2 is 2.13 bits per heavy atom. The summed E-state index contributed by atoms with van der Waals surface area (Å²) in [4.78, 5) is 0. The van der Waals surface area contributed by atoms with Gasteiger partial charge >= 0.3 is 0 Å². The highest BCUT2D eigenvalue weighted by Crippen LogP contribution is 2.35. The van der Waals surface area contributed by atoms with E-state index in [1.165, 1.54) is 0 Å². The van der Waals surface area contributed by atoms with E-state index >= 15 is 0 Å². The number of rotatable bonds is 5. The summed E-state index contributed by atoms with van der Waals surface area (Å²) in [5.74, 6) is 0.897. The summed E-state index contributed by atoms with van der Waals surface area (Å²) in [6, 6.07) is 5.98. The molecule has 1 rings (SSSR count). The highest BCUT2D eigenvalue weighted by Gasteiger charge is 2.13. The van der Waals surface area contributed by atoms with E-state index in [0.29, 0.717) is 6.61 Å². The van der Waals surface area contributed by atoms with Gasteiger partial charge in [-0.1, -0.05) is 29.3 Å². The minimum atomic E-state index is 0.0362. The maximum atomic E-state index is 6.32. The molecule has 0 N–H and O–H groups in total. The third-order valence-corrected chi connectivity index (χ3v) is 3.10. The van der Waals surface area contributed by atoms with Crippen molar-refractivity contribution in [1.82, 2.24) is 0 Å².